The van der Waals surface area contributed by atoms with Crippen molar-refractivity contribution in [3.8, 4) is 17.0 Å². The summed E-state index contributed by atoms with van der Waals surface area (Å²) >= 11 is 0. The maximum atomic E-state index is 12.6. The van der Waals surface area contributed by atoms with Crippen LogP contribution in [0, 0.1) is 0 Å². The van der Waals surface area contributed by atoms with Gasteiger partial charge in [0.25, 0.3) is 5.91 Å². The van der Waals surface area contributed by atoms with Gasteiger partial charge in [0.15, 0.2) is 0 Å². The SMILES string of the molecule is CC/C(=N/NC(=O)c1cc(-c2ccc3c4c(cccc24)CC3)n[nH]1)c1ccc(O)cc1. The topological polar surface area (TPSA) is 90.4 Å². The normalized spacial score (nSPS) is 13.0. The molecule has 0 unspecified atom stereocenters. The maximum absolute atomic E-state index is 12.6. The highest BCUT2D eigenvalue weighted by molar-refractivity contribution is 6.03. The van der Waals surface area contributed by atoms with Crippen LogP contribution < -0.4 is 5.43 Å². The standard InChI is InChI=1S/C25H22N4O2/c1-2-21(15-8-11-18(30)12-9-15)26-29-25(31)23-14-22(27-28-23)19-13-10-17-7-6-16-4-3-5-20(19)24(16)17/h3-5,8-14,30H,2,6-7H2,1H3,(H,27,28)(H,29,31)/b26-21-. The number of nitrogens with zero attached hydrogens (tertiary/aromatic N) is 2. The number of phenolic OH excluding ortho intramolecular Hbond substituents is 1. The first kappa shape index (κ1) is 19.1. The van der Waals surface area contributed by atoms with Gasteiger partial charge in [-0.1, -0.05) is 37.3 Å². The molecule has 1 heterocycles. The summed E-state index contributed by atoms with van der Waals surface area (Å²) in [5.74, 6) is -0.161. The third-order valence-electron chi connectivity index (χ3n) is 5.80. The van der Waals surface area contributed by atoms with Gasteiger partial charge in [0.2, 0.25) is 0 Å². The Morgan fingerprint density at radius 1 is 1.10 bits per heavy atom. The molecule has 0 radical (unpaired) electrons. The minimum absolute atomic E-state index is 0.191. The second kappa shape index (κ2) is 7.72. The van der Waals surface area contributed by atoms with E-state index in [0.717, 1.165) is 35.4 Å². The number of aryl methyl sites for hydroxylation is 2. The molecule has 4 aromatic rings. The Morgan fingerprint density at radius 3 is 2.65 bits per heavy atom. The largest absolute Gasteiger partial charge is 0.508 e. The lowest BCUT2D eigenvalue weighted by Crippen LogP contribution is -2.20. The van der Waals surface area contributed by atoms with Crippen molar-refractivity contribution < 1.29 is 9.90 Å². The van der Waals surface area contributed by atoms with E-state index in [1.807, 2.05) is 6.92 Å². The molecule has 3 N–H and O–H groups in total. The fourth-order valence-electron chi connectivity index (χ4n) is 4.23. The van der Waals surface area contributed by atoms with Gasteiger partial charge in [-0.15, -0.1) is 0 Å². The molecule has 31 heavy (non-hydrogen) atoms. The third kappa shape index (κ3) is 3.46. The Bertz CT molecular complexity index is 1310. The first-order chi connectivity index (χ1) is 15.1. The molecule has 0 saturated carbocycles. The first-order valence-electron chi connectivity index (χ1n) is 10.4. The fraction of sp³-hybridized carbons (Fsp3) is 0.160. The molecule has 1 aromatic heterocycles. The van der Waals surface area contributed by atoms with E-state index in [-0.39, 0.29) is 11.7 Å². The molecule has 1 amide bonds. The molecule has 1 aliphatic rings. The van der Waals surface area contributed by atoms with Crippen molar-refractivity contribution in [2.45, 2.75) is 26.2 Å². The molecule has 154 valence electrons. The lowest BCUT2D eigenvalue weighted by molar-refractivity contribution is 0.0950. The summed E-state index contributed by atoms with van der Waals surface area (Å²) in [6.07, 6.45) is 2.78. The lowest BCUT2D eigenvalue weighted by atomic mass is 9.98. The second-order valence-electron chi connectivity index (χ2n) is 7.68. The highest BCUT2D eigenvalue weighted by atomic mass is 16.3. The van der Waals surface area contributed by atoms with Crippen LogP contribution >= 0.6 is 0 Å². The van der Waals surface area contributed by atoms with Crippen LogP contribution in [0.25, 0.3) is 22.0 Å². The van der Waals surface area contributed by atoms with Crippen molar-refractivity contribution in [2.75, 3.05) is 0 Å². The van der Waals surface area contributed by atoms with Crippen LogP contribution in [0.5, 0.6) is 5.75 Å². The van der Waals surface area contributed by atoms with E-state index in [1.54, 1.807) is 30.3 Å². The van der Waals surface area contributed by atoms with Crippen molar-refractivity contribution >= 4 is 22.4 Å². The average Bonchev–Trinajstić information content (AvgIpc) is 3.44. The number of carbonyl (C=O) groups is 1. The highest BCUT2D eigenvalue weighted by Crippen LogP contribution is 2.36. The van der Waals surface area contributed by atoms with Crippen molar-refractivity contribution in [2.24, 2.45) is 5.10 Å². The predicted octanol–water partition coefficient (Wildman–Crippen LogP) is 4.58. The van der Waals surface area contributed by atoms with E-state index < -0.39 is 0 Å². The van der Waals surface area contributed by atoms with E-state index in [2.05, 4.69) is 51.1 Å². The van der Waals surface area contributed by atoms with Crippen LogP contribution in [0.2, 0.25) is 0 Å². The predicted molar refractivity (Wildman–Crippen MR) is 121 cm³/mol. The van der Waals surface area contributed by atoms with Gasteiger partial charge in [0.1, 0.15) is 11.4 Å². The molecule has 1 aliphatic carbocycles. The van der Waals surface area contributed by atoms with Gasteiger partial charge in [-0.2, -0.15) is 10.2 Å². The van der Waals surface area contributed by atoms with E-state index in [4.69, 9.17) is 0 Å². The summed E-state index contributed by atoms with van der Waals surface area (Å²) in [7, 11) is 0. The van der Waals surface area contributed by atoms with Gasteiger partial charge in [-0.25, -0.2) is 5.43 Å². The number of phenols is 1. The Hall–Kier alpha value is -3.93. The Kier molecular flexibility index (Phi) is 4.75. The van der Waals surface area contributed by atoms with Crippen molar-refractivity contribution in [3.05, 3.63) is 83.0 Å². The number of amides is 1. The first-order valence-corrected chi connectivity index (χ1v) is 10.4. The Morgan fingerprint density at radius 2 is 1.87 bits per heavy atom. The molecule has 3 aromatic carbocycles. The summed E-state index contributed by atoms with van der Waals surface area (Å²) in [5, 5.41) is 23.4. The molecule has 0 saturated heterocycles. The lowest BCUT2D eigenvalue weighted by Gasteiger charge is -2.06. The number of aromatic nitrogens is 2. The number of aromatic amines is 1. The number of H-pyrrole nitrogens is 1. The van der Waals surface area contributed by atoms with Crippen molar-refractivity contribution in [3.63, 3.8) is 0 Å². The number of hydrogen-bond donors (Lipinski definition) is 3. The molecule has 0 atom stereocenters. The summed E-state index contributed by atoms with van der Waals surface area (Å²) in [5.41, 5.74) is 9.02. The summed E-state index contributed by atoms with van der Waals surface area (Å²) < 4.78 is 0. The van der Waals surface area contributed by atoms with E-state index in [0.29, 0.717) is 12.1 Å². The van der Waals surface area contributed by atoms with Crippen LogP contribution in [0.4, 0.5) is 0 Å². The number of benzene rings is 3. The van der Waals surface area contributed by atoms with Crippen molar-refractivity contribution in [1.29, 1.82) is 0 Å². The Balaban J connectivity index is 1.40. The average molecular weight is 410 g/mol. The quantitative estimate of drug-likeness (QED) is 0.332. The second-order valence-corrected chi connectivity index (χ2v) is 7.68. The zero-order valence-electron chi connectivity index (χ0n) is 17.1. The molecule has 6 heteroatoms. The van der Waals surface area contributed by atoms with Gasteiger partial charge in [-0.05, 0) is 77.1 Å². The molecular weight excluding hydrogens is 388 g/mol. The van der Waals surface area contributed by atoms with Gasteiger partial charge in [0.05, 0.1) is 11.4 Å². The van der Waals surface area contributed by atoms with Gasteiger partial charge in [-0.3, -0.25) is 9.89 Å². The number of nitrogens with one attached hydrogen (secondary N) is 2. The van der Waals surface area contributed by atoms with Gasteiger partial charge >= 0.3 is 0 Å². The number of hydrazone groups is 1. The smallest absolute Gasteiger partial charge is 0.289 e. The molecule has 5 rings (SSSR count). The molecular formula is C25H22N4O2. The zero-order chi connectivity index (χ0) is 21.4. The van der Waals surface area contributed by atoms with Crippen LogP contribution in [0.1, 0.15) is 40.5 Å². The van der Waals surface area contributed by atoms with Crippen LogP contribution in [0.15, 0.2) is 65.8 Å². The Labute approximate surface area is 179 Å². The monoisotopic (exact) mass is 410 g/mol. The number of aromatic hydroxyl groups is 1. The maximum Gasteiger partial charge on any atom is 0.289 e. The molecule has 0 aliphatic heterocycles. The van der Waals surface area contributed by atoms with Gasteiger partial charge in [0, 0.05) is 5.56 Å². The number of hydrogen-bond acceptors (Lipinski definition) is 4. The van der Waals surface area contributed by atoms with E-state index in [1.165, 1.54) is 21.9 Å². The summed E-state index contributed by atoms with van der Waals surface area (Å²) in [6.45, 7) is 1.96. The molecule has 6 nitrogen and oxygen atoms in total. The van der Waals surface area contributed by atoms with E-state index in [9.17, 15) is 9.90 Å². The van der Waals surface area contributed by atoms with Crippen LogP contribution in [0.3, 0.4) is 0 Å². The molecule has 0 bridgehead atoms. The number of rotatable bonds is 5. The fourth-order valence-corrected chi connectivity index (χ4v) is 4.23. The van der Waals surface area contributed by atoms with Crippen molar-refractivity contribution in [1.82, 2.24) is 15.6 Å². The van der Waals surface area contributed by atoms with Crippen LogP contribution in [-0.2, 0) is 12.8 Å². The zero-order valence-corrected chi connectivity index (χ0v) is 17.1. The third-order valence-corrected chi connectivity index (χ3v) is 5.80. The van der Waals surface area contributed by atoms with Crippen LogP contribution in [-0.4, -0.2) is 26.9 Å². The van der Waals surface area contributed by atoms with Gasteiger partial charge < -0.3 is 5.11 Å². The van der Waals surface area contributed by atoms with E-state index >= 15 is 0 Å². The highest BCUT2D eigenvalue weighted by Gasteiger charge is 2.18. The number of carbonyl (C=O) groups excluding carboxylic acids is 1. The minimum atomic E-state index is -0.352. The molecule has 0 fully saturated rings. The molecule has 0 spiro atoms. The minimum Gasteiger partial charge on any atom is -0.508 e. The summed E-state index contributed by atoms with van der Waals surface area (Å²) in [6, 6.07) is 19.1. The summed E-state index contributed by atoms with van der Waals surface area (Å²) in [4.78, 5) is 12.6.